The van der Waals surface area contributed by atoms with E-state index >= 15 is 0 Å². The summed E-state index contributed by atoms with van der Waals surface area (Å²) in [7, 11) is 1.78. The third-order valence-corrected chi connectivity index (χ3v) is 3.57. The Labute approximate surface area is 85.3 Å². The van der Waals surface area contributed by atoms with Crippen LogP contribution in [-0.2, 0) is 9.47 Å². The summed E-state index contributed by atoms with van der Waals surface area (Å²) in [6, 6.07) is 0.0255. The Morgan fingerprint density at radius 1 is 1.50 bits per heavy atom. The Hall–Kier alpha value is -0.540. The van der Waals surface area contributed by atoms with Crippen LogP contribution in [0.5, 0.6) is 0 Å². The van der Waals surface area contributed by atoms with E-state index < -0.39 is 0 Å². The van der Waals surface area contributed by atoms with Crippen LogP contribution < -0.4 is 5.73 Å². The van der Waals surface area contributed by atoms with Gasteiger partial charge in [-0.3, -0.25) is 0 Å². The number of nitrogens with two attached hydrogens (primary N) is 1. The number of rotatable bonds is 3. The number of ether oxygens (including phenoxy) is 2. The lowest BCUT2D eigenvalue weighted by atomic mass is 9.87. The van der Waals surface area contributed by atoms with Crippen molar-refractivity contribution in [3.8, 4) is 0 Å². The second-order valence-electron chi connectivity index (χ2n) is 4.27. The zero-order chi connectivity index (χ0) is 10.0. The molecule has 1 saturated carbocycles. The molecule has 1 aliphatic carbocycles. The van der Waals surface area contributed by atoms with Crippen molar-refractivity contribution in [1.82, 2.24) is 0 Å². The highest BCUT2D eigenvalue weighted by Crippen LogP contribution is 2.38. The predicted molar refractivity (Wildman–Crippen MR) is 54.8 cm³/mol. The fraction of sp³-hybridized carbons (Fsp3) is 0.818. The zero-order valence-corrected chi connectivity index (χ0v) is 8.79. The summed E-state index contributed by atoms with van der Waals surface area (Å²) in [5.41, 5.74) is 7.36. The average Bonchev–Trinajstić information content (AvgIpc) is 2.89. The van der Waals surface area contributed by atoms with Gasteiger partial charge in [0.25, 0.3) is 0 Å². The Morgan fingerprint density at radius 3 is 2.71 bits per heavy atom. The van der Waals surface area contributed by atoms with Crippen LogP contribution in [0.1, 0.15) is 32.1 Å². The van der Waals surface area contributed by atoms with E-state index in [4.69, 9.17) is 15.2 Å². The molecule has 0 aromatic rings. The van der Waals surface area contributed by atoms with E-state index in [1.165, 1.54) is 18.4 Å². The average molecular weight is 197 g/mol. The van der Waals surface area contributed by atoms with Gasteiger partial charge in [-0.15, -0.1) is 0 Å². The molecule has 1 atom stereocenters. The first-order valence-electron chi connectivity index (χ1n) is 5.40. The van der Waals surface area contributed by atoms with Gasteiger partial charge in [-0.05, 0) is 18.4 Å². The van der Waals surface area contributed by atoms with Gasteiger partial charge in [-0.2, -0.15) is 0 Å². The van der Waals surface area contributed by atoms with Crippen molar-refractivity contribution < 1.29 is 9.47 Å². The molecule has 3 nitrogen and oxygen atoms in total. The van der Waals surface area contributed by atoms with Crippen LogP contribution in [0.15, 0.2) is 11.8 Å². The molecule has 1 fully saturated rings. The monoisotopic (exact) mass is 197 g/mol. The highest BCUT2D eigenvalue weighted by atomic mass is 16.5. The molecular formula is C11H19NO2. The van der Waals surface area contributed by atoms with Crippen molar-refractivity contribution in [1.29, 1.82) is 0 Å². The van der Waals surface area contributed by atoms with Crippen molar-refractivity contribution in [2.75, 3.05) is 13.7 Å². The summed E-state index contributed by atoms with van der Waals surface area (Å²) < 4.78 is 10.9. The van der Waals surface area contributed by atoms with Crippen LogP contribution in [0.4, 0.5) is 0 Å². The van der Waals surface area contributed by atoms with Crippen LogP contribution >= 0.6 is 0 Å². The molecule has 0 amide bonds. The Balaban J connectivity index is 2.10. The lowest BCUT2D eigenvalue weighted by Crippen LogP contribution is -2.48. The third kappa shape index (κ3) is 1.55. The van der Waals surface area contributed by atoms with Crippen LogP contribution in [0.25, 0.3) is 0 Å². The lowest BCUT2D eigenvalue weighted by Gasteiger charge is -2.34. The van der Waals surface area contributed by atoms with Crippen molar-refractivity contribution in [3.63, 3.8) is 0 Å². The summed E-state index contributed by atoms with van der Waals surface area (Å²) in [4.78, 5) is 0. The molecule has 1 unspecified atom stereocenters. The molecule has 0 bridgehead atoms. The normalized spacial score (nSPS) is 27.1. The minimum absolute atomic E-state index is 0.0255. The summed E-state index contributed by atoms with van der Waals surface area (Å²) in [5, 5.41) is 0. The topological polar surface area (TPSA) is 44.5 Å². The maximum Gasteiger partial charge on any atom is 0.0912 e. The van der Waals surface area contributed by atoms with Gasteiger partial charge < -0.3 is 15.2 Å². The first-order valence-corrected chi connectivity index (χ1v) is 5.40. The van der Waals surface area contributed by atoms with Gasteiger partial charge in [-0.25, -0.2) is 0 Å². The van der Waals surface area contributed by atoms with E-state index in [2.05, 4.69) is 0 Å². The van der Waals surface area contributed by atoms with E-state index in [9.17, 15) is 0 Å². The van der Waals surface area contributed by atoms with Crippen LogP contribution in [0.3, 0.4) is 0 Å². The van der Waals surface area contributed by atoms with Gasteiger partial charge in [-0.1, -0.05) is 12.8 Å². The molecule has 0 radical (unpaired) electrons. The molecule has 3 heteroatoms. The molecular weight excluding hydrogens is 178 g/mol. The number of methoxy groups -OCH3 is 1. The van der Waals surface area contributed by atoms with Crippen molar-refractivity contribution in [2.24, 2.45) is 5.73 Å². The molecule has 2 N–H and O–H groups in total. The summed E-state index contributed by atoms with van der Waals surface area (Å²) in [6.45, 7) is 0.781. The predicted octanol–water partition coefficient (Wildman–Crippen LogP) is 1.58. The first kappa shape index (κ1) is 9.99. The molecule has 1 heterocycles. The zero-order valence-electron chi connectivity index (χ0n) is 8.79. The van der Waals surface area contributed by atoms with E-state index in [-0.39, 0.29) is 11.6 Å². The Kier molecular flexibility index (Phi) is 2.79. The smallest absolute Gasteiger partial charge is 0.0912 e. The van der Waals surface area contributed by atoms with Crippen LogP contribution in [-0.4, -0.2) is 25.4 Å². The van der Waals surface area contributed by atoms with Crippen molar-refractivity contribution in [3.05, 3.63) is 11.8 Å². The standard InChI is InChI=1S/C11H19NO2/c1-13-11(5-2-3-6-11)10(12)9-4-7-14-8-9/h8,10H,2-7,12H2,1H3. The van der Waals surface area contributed by atoms with E-state index in [1.807, 2.05) is 6.26 Å². The highest BCUT2D eigenvalue weighted by molar-refractivity contribution is 5.18. The SMILES string of the molecule is COC1(C(N)C2=COCC2)CCCC1. The molecule has 0 spiro atoms. The second-order valence-corrected chi connectivity index (χ2v) is 4.27. The fourth-order valence-corrected chi connectivity index (χ4v) is 2.58. The largest absolute Gasteiger partial charge is 0.501 e. The van der Waals surface area contributed by atoms with E-state index in [0.29, 0.717) is 0 Å². The van der Waals surface area contributed by atoms with Crippen LogP contribution in [0, 0.1) is 0 Å². The maximum absolute atomic E-state index is 6.26. The van der Waals surface area contributed by atoms with Gasteiger partial charge >= 0.3 is 0 Å². The summed E-state index contributed by atoms with van der Waals surface area (Å²) in [6.07, 6.45) is 7.42. The van der Waals surface area contributed by atoms with Crippen molar-refractivity contribution >= 4 is 0 Å². The van der Waals surface area contributed by atoms with Gasteiger partial charge in [0.15, 0.2) is 0 Å². The molecule has 2 aliphatic rings. The minimum atomic E-state index is -0.112. The molecule has 0 saturated heterocycles. The van der Waals surface area contributed by atoms with Gasteiger partial charge in [0.1, 0.15) is 0 Å². The van der Waals surface area contributed by atoms with E-state index in [1.54, 1.807) is 7.11 Å². The Morgan fingerprint density at radius 2 is 2.21 bits per heavy atom. The number of hydrogen-bond acceptors (Lipinski definition) is 3. The quantitative estimate of drug-likeness (QED) is 0.747. The summed E-state index contributed by atoms with van der Waals surface area (Å²) in [5.74, 6) is 0. The molecule has 0 aromatic carbocycles. The van der Waals surface area contributed by atoms with Crippen LogP contribution in [0.2, 0.25) is 0 Å². The molecule has 14 heavy (non-hydrogen) atoms. The molecule has 2 rings (SSSR count). The van der Waals surface area contributed by atoms with Crippen molar-refractivity contribution in [2.45, 2.75) is 43.7 Å². The molecule has 1 aliphatic heterocycles. The Bertz CT molecular complexity index is 231. The van der Waals surface area contributed by atoms with Gasteiger partial charge in [0.2, 0.25) is 0 Å². The van der Waals surface area contributed by atoms with Gasteiger partial charge in [0, 0.05) is 13.5 Å². The van der Waals surface area contributed by atoms with Gasteiger partial charge in [0.05, 0.1) is 24.5 Å². The highest BCUT2D eigenvalue weighted by Gasteiger charge is 2.41. The fourth-order valence-electron chi connectivity index (χ4n) is 2.58. The maximum atomic E-state index is 6.26. The third-order valence-electron chi connectivity index (χ3n) is 3.57. The first-order chi connectivity index (χ1) is 6.78. The van der Waals surface area contributed by atoms with E-state index in [0.717, 1.165) is 25.9 Å². The lowest BCUT2D eigenvalue weighted by molar-refractivity contribution is -0.0171. The molecule has 0 aromatic heterocycles. The molecule has 80 valence electrons. The minimum Gasteiger partial charge on any atom is -0.501 e. The second kappa shape index (κ2) is 3.91. The number of hydrogen-bond donors (Lipinski definition) is 1. The summed E-state index contributed by atoms with van der Waals surface area (Å²) >= 11 is 0.